The molecule has 10 heteroatoms. The van der Waals surface area contributed by atoms with Crippen LogP contribution in [0.3, 0.4) is 0 Å². The number of primary amides is 1. The molecule has 2 N–H and O–H groups in total. The third kappa shape index (κ3) is 4.31. The van der Waals surface area contributed by atoms with Crippen LogP contribution in [-0.2, 0) is 7.05 Å². The van der Waals surface area contributed by atoms with Crippen LogP contribution in [0.4, 0.5) is 4.39 Å². The minimum Gasteiger partial charge on any atom is -0.483 e. The predicted octanol–water partition coefficient (Wildman–Crippen LogP) is 5.39. The summed E-state index contributed by atoms with van der Waals surface area (Å²) in [6.45, 7) is 5.18. The molecule has 0 saturated heterocycles. The highest BCUT2D eigenvalue weighted by Gasteiger charge is 2.23. The molecule has 37 heavy (non-hydrogen) atoms. The molecular weight excluding hydrogens is 499 g/mol. The van der Waals surface area contributed by atoms with Gasteiger partial charge in [0.15, 0.2) is 16.9 Å². The quantitative estimate of drug-likeness (QED) is 0.311. The van der Waals surface area contributed by atoms with Gasteiger partial charge >= 0.3 is 0 Å². The summed E-state index contributed by atoms with van der Waals surface area (Å²) in [6.07, 6.45) is 1.06. The molecule has 0 aliphatic heterocycles. The number of rotatable bonds is 5. The highest BCUT2D eigenvalue weighted by Crippen LogP contribution is 2.35. The second-order valence-corrected chi connectivity index (χ2v) is 9.30. The number of pyridine rings is 1. The Kier molecular flexibility index (Phi) is 5.95. The Balaban J connectivity index is 1.70. The number of halogens is 2. The number of carbonyl (C=O) groups excluding carboxylic acids is 1. The molecule has 1 unspecified atom stereocenters. The molecule has 0 fully saturated rings. The van der Waals surface area contributed by atoms with Crippen molar-refractivity contribution in [3.63, 3.8) is 0 Å². The van der Waals surface area contributed by atoms with E-state index in [1.807, 2.05) is 13.0 Å². The van der Waals surface area contributed by atoms with Gasteiger partial charge in [-0.05, 0) is 56.7 Å². The first-order valence-electron chi connectivity index (χ1n) is 11.4. The number of amides is 1. The molecule has 2 aromatic carbocycles. The van der Waals surface area contributed by atoms with Gasteiger partial charge in [0.25, 0.3) is 5.91 Å². The Morgan fingerprint density at radius 2 is 1.97 bits per heavy atom. The molecule has 0 aliphatic rings. The first-order chi connectivity index (χ1) is 17.5. The van der Waals surface area contributed by atoms with Gasteiger partial charge in [0.05, 0.1) is 16.5 Å². The van der Waals surface area contributed by atoms with Crippen molar-refractivity contribution in [1.29, 1.82) is 0 Å². The van der Waals surface area contributed by atoms with Gasteiger partial charge in [-0.15, -0.1) is 0 Å². The van der Waals surface area contributed by atoms with Crippen LogP contribution in [0.2, 0.25) is 5.15 Å². The largest absolute Gasteiger partial charge is 0.483 e. The molecule has 5 rings (SSSR count). The summed E-state index contributed by atoms with van der Waals surface area (Å²) in [4.78, 5) is 29.3. The fraction of sp³-hybridized carbons (Fsp3) is 0.185. The van der Waals surface area contributed by atoms with Gasteiger partial charge in [0.2, 0.25) is 0 Å². The summed E-state index contributed by atoms with van der Waals surface area (Å²) in [6, 6.07) is 9.42. The van der Waals surface area contributed by atoms with Crippen LogP contribution in [0.25, 0.3) is 33.2 Å². The minimum atomic E-state index is -0.801. The van der Waals surface area contributed by atoms with Crippen LogP contribution in [0.15, 0.2) is 51.8 Å². The van der Waals surface area contributed by atoms with Crippen LogP contribution in [0, 0.1) is 19.7 Å². The number of nitrogens with zero attached hydrogens (tertiary/aromatic N) is 3. The Morgan fingerprint density at radius 1 is 1.22 bits per heavy atom. The van der Waals surface area contributed by atoms with Crippen LogP contribution < -0.4 is 15.9 Å². The molecule has 3 heterocycles. The maximum Gasteiger partial charge on any atom is 0.271 e. The Labute approximate surface area is 215 Å². The predicted molar refractivity (Wildman–Crippen MR) is 138 cm³/mol. The first kappa shape index (κ1) is 24.5. The number of hydrogen-bond donors (Lipinski definition) is 1. The van der Waals surface area contributed by atoms with E-state index in [0.717, 1.165) is 5.56 Å². The van der Waals surface area contributed by atoms with Crippen molar-refractivity contribution in [3.05, 3.63) is 86.2 Å². The molecule has 0 aliphatic carbocycles. The zero-order valence-electron chi connectivity index (χ0n) is 20.4. The molecular formula is C27H22ClFN4O4. The topological polar surface area (TPSA) is 113 Å². The second-order valence-electron chi connectivity index (χ2n) is 8.91. The third-order valence-electron chi connectivity index (χ3n) is 6.14. The number of benzene rings is 2. The standard InChI is InChI=1S/C27H22ClFN4O4/c1-12-7-16(14(3)36-21-5-6-22(28)31-23(21)27(30)35)26-18(8-12)24(34)13(2)25(37-26)17-9-15-11-33(4)32-20(15)10-19(17)29/h5-11,14H,1-4H3,(H2,30,35). The fourth-order valence-corrected chi connectivity index (χ4v) is 4.57. The zero-order valence-corrected chi connectivity index (χ0v) is 21.2. The van der Waals surface area contributed by atoms with Gasteiger partial charge in [-0.1, -0.05) is 11.6 Å². The number of aryl methyl sites for hydroxylation is 2. The summed E-state index contributed by atoms with van der Waals surface area (Å²) in [5.74, 6) is -1.12. The lowest BCUT2D eigenvalue weighted by molar-refractivity contribution is 0.0988. The van der Waals surface area contributed by atoms with E-state index >= 15 is 4.39 Å². The van der Waals surface area contributed by atoms with Crippen LogP contribution >= 0.6 is 11.6 Å². The van der Waals surface area contributed by atoms with Gasteiger partial charge in [-0.2, -0.15) is 5.10 Å². The zero-order chi connectivity index (χ0) is 26.6. The van der Waals surface area contributed by atoms with E-state index < -0.39 is 17.8 Å². The van der Waals surface area contributed by atoms with Crippen molar-refractivity contribution in [2.24, 2.45) is 12.8 Å². The average Bonchev–Trinajstić information content (AvgIpc) is 3.20. The molecule has 0 bridgehead atoms. The van der Waals surface area contributed by atoms with Crippen molar-refractivity contribution in [2.75, 3.05) is 0 Å². The van der Waals surface area contributed by atoms with E-state index in [1.54, 1.807) is 43.9 Å². The average molecular weight is 521 g/mol. The maximum atomic E-state index is 15.2. The molecule has 188 valence electrons. The molecule has 0 spiro atoms. The third-order valence-corrected chi connectivity index (χ3v) is 6.35. The second kappa shape index (κ2) is 9.01. The molecule has 5 aromatic rings. The molecule has 0 saturated carbocycles. The van der Waals surface area contributed by atoms with Crippen molar-refractivity contribution >= 4 is 39.4 Å². The van der Waals surface area contributed by atoms with E-state index in [0.29, 0.717) is 21.9 Å². The van der Waals surface area contributed by atoms with Crippen LogP contribution in [0.1, 0.15) is 40.2 Å². The van der Waals surface area contributed by atoms with E-state index in [9.17, 15) is 9.59 Å². The normalized spacial score (nSPS) is 12.3. The number of carbonyl (C=O) groups is 1. The lowest BCUT2D eigenvalue weighted by Gasteiger charge is -2.19. The van der Waals surface area contributed by atoms with Crippen molar-refractivity contribution in [1.82, 2.24) is 14.8 Å². The van der Waals surface area contributed by atoms with Gasteiger partial charge in [-0.25, -0.2) is 9.37 Å². The highest BCUT2D eigenvalue weighted by atomic mass is 35.5. The molecule has 0 radical (unpaired) electrons. The summed E-state index contributed by atoms with van der Waals surface area (Å²) >= 11 is 5.91. The smallest absolute Gasteiger partial charge is 0.271 e. The van der Waals surface area contributed by atoms with E-state index in [4.69, 9.17) is 26.5 Å². The van der Waals surface area contributed by atoms with Gasteiger partial charge in [0, 0.05) is 35.8 Å². The molecule has 1 amide bonds. The SMILES string of the molecule is Cc1cc(C(C)Oc2ccc(Cl)nc2C(N)=O)c2oc(-c3cc4cn(C)nc4cc3F)c(C)c(=O)c2c1. The number of hydrogen-bond acceptors (Lipinski definition) is 6. The van der Waals surface area contributed by atoms with Crippen molar-refractivity contribution in [3.8, 4) is 17.1 Å². The summed E-state index contributed by atoms with van der Waals surface area (Å²) in [7, 11) is 1.74. The minimum absolute atomic E-state index is 0.0912. The summed E-state index contributed by atoms with van der Waals surface area (Å²) in [5.41, 5.74) is 7.52. The molecule has 3 aromatic heterocycles. The van der Waals surface area contributed by atoms with Crippen molar-refractivity contribution in [2.45, 2.75) is 26.9 Å². The fourth-order valence-electron chi connectivity index (χ4n) is 4.42. The maximum absolute atomic E-state index is 15.2. The Hall–Kier alpha value is -4.24. The first-order valence-corrected chi connectivity index (χ1v) is 11.8. The Morgan fingerprint density at radius 3 is 2.70 bits per heavy atom. The number of fused-ring (bicyclic) bond motifs is 2. The number of ether oxygens (including phenoxy) is 1. The van der Waals surface area contributed by atoms with Gasteiger partial charge in [0.1, 0.15) is 28.4 Å². The lowest BCUT2D eigenvalue weighted by atomic mass is 9.99. The Bertz CT molecular complexity index is 1790. The molecule has 1 atom stereocenters. The van der Waals surface area contributed by atoms with E-state index in [2.05, 4.69) is 10.1 Å². The molecule has 8 nitrogen and oxygen atoms in total. The van der Waals surface area contributed by atoms with E-state index in [-0.39, 0.29) is 44.5 Å². The van der Waals surface area contributed by atoms with Crippen molar-refractivity contribution < 1.29 is 18.3 Å². The van der Waals surface area contributed by atoms with Crippen LogP contribution in [0.5, 0.6) is 5.75 Å². The lowest BCUT2D eigenvalue weighted by Crippen LogP contribution is -2.17. The monoisotopic (exact) mass is 520 g/mol. The van der Waals surface area contributed by atoms with E-state index in [1.165, 1.54) is 18.2 Å². The summed E-state index contributed by atoms with van der Waals surface area (Å²) in [5, 5.41) is 5.36. The summed E-state index contributed by atoms with van der Waals surface area (Å²) < 4.78 is 29.1. The van der Waals surface area contributed by atoms with Crippen LogP contribution in [-0.4, -0.2) is 20.7 Å². The highest BCUT2D eigenvalue weighted by molar-refractivity contribution is 6.29. The number of nitrogens with two attached hydrogens (primary N) is 1. The van der Waals surface area contributed by atoms with Gasteiger partial charge in [-0.3, -0.25) is 14.3 Å². The van der Waals surface area contributed by atoms with Gasteiger partial charge < -0.3 is 14.9 Å². The number of aromatic nitrogens is 3.